The number of aromatic nitrogens is 2. The molecule has 1 aromatic heterocycles. The van der Waals surface area contributed by atoms with E-state index in [1.165, 1.54) is 0 Å². The third-order valence-electron chi connectivity index (χ3n) is 3.58. The molecule has 0 aliphatic carbocycles. The Kier molecular flexibility index (Phi) is 5.87. The van der Waals surface area contributed by atoms with E-state index >= 15 is 0 Å². The molecule has 2 N–H and O–H groups in total. The van der Waals surface area contributed by atoms with Crippen molar-refractivity contribution in [2.75, 3.05) is 12.8 Å². The van der Waals surface area contributed by atoms with Gasteiger partial charge in [-0.1, -0.05) is 31.9 Å². The number of nitrogens with two attached hydrogens (primary N) is 1. The molecule has 0 amide bonds. The van der Waals surface area contributed by atoms with Gasteiger partial charge in [0.25, 0.3) is 5.88 Å². The van der Waals surface area contributed by atoms with Gasteiger partial charge < -0.3 is 15.2 Å². The Morgan fingerprint density at radius 2 is 2.00 bits per heavy atom. The highest BCUT2D eigenvalue weighted by Gasteiger charge is 2.16. The van der Waals surface area contributed by atoms with Crippen molar-refractivity contribution in [1.29, 1.82) is 5.26 Å². The second-order valence-electron chi connectivity index (χ2n) is 5.24. The van der Waals surface area contributed by atoms with Crippen molar-refractivity contribution in [3.8, 4) is 17.7 Å². The molecule has 0 fully saturated rings. The zero-order chi connectivity index (χ0) is 16.7. The van der Waals surface area contributed by atoms with Gasteiger partial charge in [0, 0.05) is 6.54 Å². The van der Waals surface area contributed by atoms with Crippen molar-refractivity contribution in [3.63, 3.8) is 0 Å². The van der Waals surface area contributed by atoms with Gasteiger partial charge >= 0.3 is 0 Å². The largest absolute Gasteiger partial charge is 0.497 e. The summed E-state index contributed by atoms with van der Waals surface area (Å²) in [7, 11) is 1.62. The second kappa shape index (κ2) is 8.08. The molecule has 0 radical (unpaired) electrons. The first kappa shape index (κ1) is 16.7. The lowest BCUT2D eigenvalue weighted by molar-refractivity contribution is 0.288. The van der Waals surface area contributed by atoms with Gasteiger partial charge in [-0.25, -0.2) is 4.68 Å². The predicted octanol–water partition coefficient (Wildman–Crippen LogP) is 3.11. The maximum atomic E-state index is 9.27. The number of hydrogen-bond donors (Lipinski definition) is 1. The summed E-state index contributed by atoms with van der Waals surface area (Å²) >= 11 is 0. The van der Waals surface area contributed by atoms with Crippen molar-refractivity contribution in [1.82, 2.24) is 9.78 Å². The van der Waals surface area contributed by atoms with Gasteiger partial charge in [-0.3, -0.25) is 0 Å². The van der Waals surface area contributed by atoms with Crippen LogP contribution < -0.4 is 15.2 Å². The first-order valence-corrected chi connectivity index (χ1v) is 7.71. The number of hydrogen-bond acceptors (Lipinski definition) is 5. The Bertz CT molecular complexity index is 671. The minimum atomic E-state index is 0.289. The van der Waals surface area contributed by atoms with Crippen molar-refractivity contribution in [2.24, 2.45) is 0 Å². The summed E-state index contributed by atoms with van der Waals surface area (Å²) in [6.07, 6.45) is 3.20. The Morgan fingerprint density at radius 1 is 1.26 bits per heavy atom. The van der Waals surface area contributed by atoms with Crippen LogP contribution in [0.1, 0.15) is 37.3 Å². The average Bonchev–Trinajstić information content (AvgIpc) is 2.89. The number of nitrogens with zero attached hydrogens (tertiary/aromatic N) is 3. The Labute approximate surface area is 136 Å². The minimum Gasteiger partial charge on any atom is -0.497 e. The molecular formula is C17H22N4O2. The van der Waals surface area contributed by atoms with Crippen LogP contribution in [0.4, 0.5) is 5.82 Å². The maximum Gasteiger partial charge on any atom is 0.253 e. The van der Waals surface area contributed by atoms with Crippen LogP contribution in [-0.2, 0) is 13.2 Å². The summed E-state index contributed by atoms with van der Waals surface area (Å²) in [6, 6.07) is 9.62. The van der Waals surface area contributed by atoms with Crippen LogP contribution in [0.3, 0.4) is 0 Å². The van der Waals surface area contributed by atoms with Gasteiger partial charge in [0.2, 0.25) is 0 Å². The normalized spacial score (nSPS) is 10.3. The molecule has 1 heterocycles. The summed E-state index contributed by atoms with van der Waals surface area (Å²) in [5, 5.41) is 13.6. The molecule has 0 aliphatic rings. The van der Waals surface area contributed by atoms with Gasteiger partial charge in [0.15, 0.2) is 5.56 Å². The third kappa shape index (κ3) is 4.16. The van der Waals surface area contributed by atoms with E-state index < -0.39 is 0 Å². The molecule has 1 aromatic carbocycles. The van der Waals surface area contributed by atoms with Gasteiger partial charge in [-0.15, -0.1) is 5.10 Å². The molecule has 0 spiro atoms. The van der Waals surface area contributed by atoms with Crippen LogP contribution in [0.2, 0.25) is 0 Å². The molecule has 0 saturated heterocycles. The zero-order valence-electron chi connectivity index (χ0n) is 13.6. The van der Waals surface area contributed by atoms with Crippen LogP contribution in [0.5, 0.6) is 11.6 Å². The molecule has 0 bridgehead atoms. The first-order valence-electron chi connectivity index (χ1n) is 7.71. The molecule has 0 saturated carbocycles. The van der Waals surface area contributed by atoms with Crippen molar-refractivity contribution in [2.45, 2.75) is 39.3 Å². The van der Waals surface area contributed by atoms with E-state index in [9.17, 15) is 5.26 Å². The average molecular weight is 314 g/mol. The molecule has 0 aliphatic heterocycles. The number of aryl methyl sites for hydroxylation is 1. The number of anilines is 1. The molecule has 122 valence electrons. The number of unbranched alkanes of at least 4 members (excludes halogenated alkanes) is 2. The van der Waals surface area contributed by atoms with Crippen molar-refractivity contribution >= 4 is 5.82 Å². The predicted molar refractivity (Wildman–Crippen MR) is 88.2 cm³/mol. The number of methoxy groups -OCH3 is 1. The van der Waals surface area contributed by atoms with Crippen LogP contribution in [-0.4, -0.2) is 16.9 Å². The monoisotopic (exact) mass is 314 g/mol. The summed E-state index contributed by atoms with van der Waals surface area (Å²) in [5.74, 6) is 1.45. The zero-order valence-corrected chi connectivity index (χ0v) is 13.6. The molecular weight excluding hydrogens is 292 g/mol. The Hall–Kier alpha value is -2.68. The fraction of sp³-hybridized carbons (Fsp3) is 0.412. The number of ether oxygens (including phenoxy) is 2. The van der Waals surface area contributed by atoms with Gasteiger partial charge in [0.1, 0.15) is 24.2 Å². The van der Waals surface area contributed by atoms with E-state index in [1.807, 2.05) is 24.3 Å². The van der Waals surface area contributed by atoms with Crippen molar-refractivity contribution in [3.05, 3.63) is 35.4 Å². The lowest BCUT2D eigenvalue weighted by Gasteiger charge is -2.05. The number of nitrogen functional groups attached to an aromatic ring is 1. The van der Waals surface area contributed by atoms with Crippen LogP contribution in [0.15, 0.2) is 24.3 Å². The Balaban J connectivity index is 2.06. The van der Waals surface area contributed by atoms with Crippen molar-refractivity contribution < 1.29 is 9.47 Å². The van der Waals surface area contributed by atoms with E-state index in [1.54, 1.807) is 11.8 Å². The second-order valence-corrected chi connectivity index (χ2v) is 5.24. The summed E-state index contributed by atoms with van der Waals surface area (Å²) in [4.78, 5) is 0. The standard InChI is InChI=1S/C17H22N4O2/c1-3-4-5-10-21-16(19)15(11-18)17(20-21)23-12-13-6-8-14(22-2)9-7-13/h6-9H,3-5,10,12,19H2,1-2H3. The highest BCUT2D eigenvalue weighted by Crippen LogP contribution is 2.24. The van der Waals surface area contributed by atoms with E-state index in [0.717, 1.165) is 30.6 Å². The summed E-state index contributed by atoms with van der Waals surface area (Å²) in [6.45, 7) is 3.15. The topological polar surface area (TPSA) is 86.1 Å². The number of rotatable bonds is 8. The van der Waals surface area contributed by atoms with E-state index in [-0.39, 0.29) is 5.88 Å². The van der Waals surface area contributed by atoms with Gasteiger partial charge in [-0.05, 0) is 24.1 Å². The molecule has 6 heteroatoms. The molecule has 2 aromatic rings. The fourth-order valence-electron chi connectivity index (χ4n) is 2.21. The van der Waals surface area contributed by atoms with Crippen LogP contribution in [0.25, 0.3) is 0 Å². The number of benzene rings is 1. The van der Waals surface area contributed by atoms with Crippen LogP contribution >= 0.6 is 0 Å². The fourth-order valence-corrected chi connectivity index (χ4v) is 2.21. The van der Waals surface area contributed by atoms with Crippen LogP contribution in [0, 0.1) is 11.3 Å². The SMILES string of the molecule is CCCCCn1nc(OCc2ccc(OC)cc2)c(C#N)c1N. The smallest absolute Gasteiger partial charge is 0.253 e. The van der Waals surface area contributed by atoms with Gasteiger partial charge in [0.05, 0.1) is 7.11 Å². The summed E-state index contributed by atoms with van der Waals surface area (Å²) < 4.78 is 12.4. The quantitative estimate of drug-likeness (QED) is 0.757. The molecule has 6 nitrogen and oxygen atoms in total. The summed E-state index contributed by atoms with van der Waals surface area (Å²) in [5.41, 5.74) is 7.25. The van der Waals surface area contributed by atoms with Gasteiger partial charge in [-0.2, -0.15) is 5.26 Å². The van der Waals surface area contributed by atoms with E-state index in [0.29, 0.717) is 24.5 Å². The third-order valence-corrected chi connectivity index (χ3v) is 3.58. The molecule has 0 unspecified atom stereocenters. The highest BCUT2D eigenvalue weighted by atomic mass is 16.5. The number of nitriles is 1. The lowest BCUT2D eigenvalue weighted by atomic mass is 10.2. The lowest BCUT2D eigenvalue weighted by Crippen LogP contribution is -2.05. The molecule has 2 rings (SSSR count). The Morgan fingerprint density at radius 3 is 2.61 bits per heavy atom. The van der Waals surface area contributed by atoms with E-state index in [2.05, 4.69) is 18.1 Å². The highest BCUT2D eigenvalue weighted by molar-refractivity contribution is 5.55. The minimum absolute atomic E-state index is 0.289. The molecule has 0 atom stereocenters. The van der Waals surface area contributed by atoms with E-state index in [4.69, 9.17) is 15.2 Å². The maximum absolute atomic E-state index is 9.27. The molecule has 23 heavy (non-hydrogen) atoms. The first-order chi connectivity index (χ1) is 11.2.